The van der Waals surface area contributed by atoms with Crippen molar-refractivity contribution in [1.29, 1.82) is 0 Å². The summed E-state index contributed by atoms with van der Waals surface area (Å²) >= 11 is 0. The highest BCUT2D eigenvalue weighted by Gasteiger charge is 2.25. The van der Waals surface area contributed by atoms with Crippen LogP contribution in [-0.2, 0) is 0 Å². The Kier molecular flexibility index (Phi) is 21.3. The third kappa shape index (κ3) is 15.6. The number of hydrogen-bond acceptors (Lipinski definition) is 2. The zero-order valence-electron chi connectivity index (χ0n) is 83.7. The molecule has 0 saturated carbocycles. The fourth-order valence-corrected chi connectivity index (χ4v) is 22.8. The largest absolute Gasteiger partial charge is 0.309 e. The minimum absolute atomic E-state index is 0.500. The number of rotatable bonds is 15. The molecule has 0 atom stereocenters. The summed E-state index contributed by atoms with van der Waals surface area (Å²) in [5.74, 6) is 0.646. The van der Waals surface area contributed by atoms with Crippen molar-refractivity contribution in [3.05, 3.63) is 570 Å². The zero-order valence-corrected chi connectivity index (χ0v) is 81.7. The van der Waals surface area contributed by atoms with Gasteiger partial charge in [-0.05, 0) is 223 Å². The number of benzene rings is 23. The second-order valence-corrected chi connectivity index (χ2v) is 38.5. The van der Waals surface area contributed by atoms with Crippen LogP contribution in [0.2, 0.25) is 0 Å². The molecule has 0 bridgehead atoms. The SMILES string of the molecule is [2H]c1ccc2c(c1)c1ccc(-c3ccc4c5cc([2H])ccc5n(-c5cccc(-c6ccccc6)c5)c4c3)cc1n2-c1ccc(-c2ccccc2)cc1.c1ccc(-c2cc(-c3ccccc3)nc(-n3c4ccccc4c4ccc(-c5ccc6c7ccccc7n(-c7ccccc7)c6c5)cc43)n2)cc1.c1ccc(-c2cccc(-c3cccc(-n4c5ccccc5c5ccc(-c6ccc7c8ccccc8n(-c8ccccc8)c7c6)cc54)c3)c2)cc1. The van der Waals surface area contributed by atoms with Crippen LogP contribution in [0.4, 0.5) is 0 Å². The lowest BCUT2D eigenvalue weighted by Gasteiger charge is -2.12. The standard InChI is InChI=1S/2C48H32N2.C46H30N4/c1-3-13-33(14-4-1)34-15-11-16-35(29-34)36-17-12-20-40(30-36)50-46-24-10-8-22-42(46)44-28-26-38(32-48(44)50)37-25-27-43-41-21-7-9-23-45(41)49(47(43)31-37)39-18-5-2-6-19-39;1-3-12-33(13-4-1)35-22-26-39(27-23-35)49-45-20-9-7-18-41(45)43-28-24-37(31-47(43)49)38-25-29-44-42-19-8-10-21-46(42)50(48(44)32-38)40-17-11-16-36(30-40)34-14-5-2-6-15-34;1-4-14-31(15-5-1)40-30-41(32-16-6-2-7-17-32)48-46(47-40)50-43-23-13-11-21-37(43)39-27-25-34(29-45(39)50)33-24-26-38-36-20-10-12-22-42(36)49(44(38)28-33)35-18-8-3-9-19-35/h2*1-32H;1-30H/i;7D,8D;. The van der Waals surface area contributed by atoms with Crippen molar-refractivity contribution < 1.29 is 2.74 Å². The van der Waals surface area contributed by atoms with E-state index in [1.807, 2.05) is 48.5 Å². The normalized spacial score (nSPS) is 11.8. The van der Waals surface area contributed by atoms with Gasteiger partial charge in [0.2, 0.25) is 5.95 Å². The summed E-state index contributed by atoms with van der Waals surface area (Å²) in [4.78, 5) is 10.5. The molecule has 23 aromatic carbocycles. The van der Waals surface area contributed by atoms with Crippen molar-refractivity contribution in [3.63, 3.8) is 0 Å². The van der Waals surface area contributed by atoms with Crippen LogP contribution in [0, 0.1) is 0 Å². The first-order valence-corrected chi connectivity index (χ1v) is 51.1. The average molecular weight is 1910 g/mol. The number of fused-ring (bicyclic) bond motifs is 18. The molecule has 8 heteroatoms. The molecular weight excluding hydrogens is 1820 g/mol. The predicted molar refractivity (Wildman–Crippen MR) is 630 cm³/mol. The summed E-state index contributed by atoms with van der Waals surface area (Å²) in [7, 11) is 0. The highest BCUT2D eigenvalue weighted by atomic mass is 15.2. The number of aromatic nitrogens is 8. The van der Waals surface area contributed by atoms with Gasteiger partial charge in [0.1, 0.15) is 0 Å². The van der Waals surface area contributed by atoms with Crippen LogP contribution in [-0.4, -0.2) is 37.4 Å². The van der Waals surface area contributed by atoms with Crippen molar-refractivity contribution in [2.45, 2.75) is 0 Å². The second-order valence-electron chi connectivity index (χ2n) is 38.5. The second kappa shape index (κ2) is 37.3. The molecule has 0 fully saturated rings. The van der Waals surface area contributed by atoms with Crippen LogP contribution in [0.15, 0.2) is 570 Å². The maximum absolute atomic E-state index is 8.45. The first kappa shape index (κ1) is 85.5. The van der Waals surface area contributed by atoms with Gasteiger partial charge in [-0.25, -0.2) is 9.97 Å². The van der Waals surface area contributed by atoms with E-state index in [1.165, 1.54) is 132 Å². The summed E-state index contributed by atoms with van der Waals surface area (Å²) in [6.45, 7) is 0. The minimum atomic E-state index is 0.500. The summed E-state index contributed by atoms with van der Waals surface area (Å²) in [6, 6.07) is 199. The van der Waals surface area contributed by atoms with Gasteiger partial charge >= 0.3 is 0 Å². The fraction of sp³-hybridized carbons (Fsp3) is 0. The molecular formula is C142H94N8. The van der Waals surface area contributed by atoms with E-state index in [4.69, 9.17) is 12.7 Å². The molecule has 30 rings (SSSR count). The Morgan fingerprint density at radius 1 is 0.120 bits per heavy atom. The molecule has 8 nitrogen and oxygen atoms in total. The van der Waals surface area contributed by atoms with Crippen LogP contribution in [0.1, 0.15) is 2.74 Å². The van der Waals surface area contributed by atoms with Crippen LogP contribution < -0.4 is 0 Å². The van der Waals surface area contributed by atoms with Gasteiger partial charge in [-0.2, -0.15) is 0 Å². The van der Waals surface area contributed by atoms with E-state index in [9.17, 15) is 0 Å². The highest BCUT2D eigenvalue weighted by molar-refractivity contribution is 6.17. The molecule has 0 spiro atoms. The van der Waals surface area contributed by atoms with Crippen molar-refractivity contribution in [1.82, 2.24) is 37.4 Å². The smallest absolute Gasteiger partial charge is 0.235 e. The topological polar surface area (TPSA) is 55.4 Å². The Labute approximate surface area is 869 Å². The number of hydrogen-bond donors (Lipinski definition) is 0. The number of para-hydroxylation sites is 8. The van der Waals surface area contributed by atoms with Gasteiger partial charge in [0.05, 0.1) is 80.3 Å². The Bertz CT molecular complexity index is 10500. The van der Waals surface area contributed by atoms with E-state index < -0.39 is 0 Å². The van der Waals surface area contributed by atoms with Crippen LogP contribution in [0.3, 0.4) is 0 Å². The van der Waals surface area contributed by atoms with Crippen molar-refractivity contribution in [2.24, 2.45) is 0 Å². The molecule has 150 heavy (non-hydrogen) atoms. The highest BCUT2D eigenvalue weighted by Crippen LogP contribution is 2.46. The third-order valence-corrected chi connectivity index (χ3v) is 29.9. The van der Waals surface area contributed by atoms with Gasteiger partial charge in [-0.3, -0.25) is 4.57 Å². The van der Waals surface area contributed by atoms with Crippen LogP contribution >= 0.6 is 0 Å². The quantitative estimate of drug-likeness (QED) is 0.103. The zero-order chi connectivity index (χ0) is 101. The van der Waals surface area contributed by atoms with Crippen molar-refractivity contribution in [2.75, 3.05) is 0 Å². The Balaban J connectivity index is 0.000000109. The van der Waals surface area contributed by atoms with Gasteiger partial charge in [0.15, 0.2) is 0 Å². The van der Waals surface area contributed by atoms with Gasteiger partial charge in [-0.15, -0.1) is 0 Å². The Morgan fingerprint density at radius 3 is 0.660 bits per heavy atom. The molecule has 0 unspecified atom stereocenters. The lowest BCUT2D eigenvalue weighted by molar-refractivity contribution is 0.996. The van der Waals surface area contributed by atoms with E-state index in [1.54, 1.807) is 0 Å². The van der Waals surface area contributed by atoms with Crippen LogP contribution in [0.25, 0.3) is 266 Å². The van der Waals surface area contributed by atoms with E-state index in [0.29, 0.717) is 18.0 Å². The monoisotopic (exact) mass is 1910 g/mol. The molecule has 0 aliphatic carbocycles. The molecule has 0 aliphatic rings. The molecule has 0 N–H and O–H groups in total. The lowest BCUT2D eigenvalue weighted by Crippen LogP contribution is -2.04. The maximum atomic E-state index is 8.45. The van der Waals surface area contributed by atoms with Gasteiger partial charge in [0.25, 0.3) is 0 Å². The summed E-state index contributed by atoms with van der Waals surface area (Å²) < 4.78 is 31.0. The molecule has 702 valence electrons. The number of nitrogens with zero attached hydrogens (tertiary/aromatic N) is 8. The minimum Gasteiger partial charge on any atom is -0.309 e. The molecule has 0 aliphatic heterocycles. The van der Waals surface area contributed by atoms with Gasteiger partial charge in [-0.1, -0.05) is 425 Å². The first-order valence-electron chi connectivity index (χ1n) is 52.1. The summed E-state index contributed by atoms with van der Waals surface area (Å²) in [5, 5.41) is 14.2. The summed E-state index contributed by atoms with van der Waals surface area (Å²) in [5.41, 5.74) is 39.7. The van der Waals surface area contributed by atoms with E-state index >= 15 is 0 Å². The van der Waals surface area contributed by atoms with E-state index in [0.717, 1.165) is 128 Å². The van der Waals surface area contributed by atoms with Gasteiger partial charge in [0, 0.05) is 104 Å². The van der Waals surface area contributed by atoms with Gasteiger partial charge < -0.3 is 22.8 Å². The first-order chi connectivity index (χ1) is 75.2. The van der Waals surface area contributed by atoms with Crippen molar-refractivity contribution in [3.8, 4) is 135 Å². The predicted octanol–water partition coefficient (Wildman–Crippen LogP) is 37.4. The Morgan fingerprint density at radius 2 is 0.320 bits per heavy atom. The Hall–Kier alpha value is -20.1. The molecule has 30 aromatic rings. The maximum Gasteiger partial charge on any atom is 0.235 e. The lowest BCUT2D eigenvalue weighted by atomic mass is 9.99. The molecule has 7 heterocycles. The van der Waals surface area contributed by atoms with Crippen LogP contribution in [0.5, 0.6) is 0 Å². The summed E-state index contributed by atoms with van der Waals surface area (Å²) in [6.07, 6.45) is 0. The molecule has 0 amide bonds. The fourth-order valence-electron chi connectivity index (χ4n) is 22.8. The van der Waals surface area contributed by atoms with E-state index in [2.05, 4.69) is 537 Å². The molecule has 0 saturated heterocycles. The third-order valence-electron chi connectivity index (χ3n) is 29.9. The molecule has 7 aromatic heterocycles. The van der Waals surface area contributed by atoms with Crippen molar-refractivity contribution >= 4 is 131 Å². The average Bonchev–Trinajstić information content (AvgIpc) is 2.16. The van der Waals surface area contributed by atoms with E-state index in [-0.39, 0.29) is 0 Å². The molecule has 0 radical (unpaired) electrons.